The predicted molar refractivity (Wildman–Crippen MR) is 134 cm³/mol. The van der Waals surface area contributed by atoms with Gasteiger partial charge in [0.05, 0.1) is 12.3 Å². The molecule has 0 bridgehead atoms. The predicted octanol–water partition coefficient (Wildman–Crippen LogP) is 2.55. The van der Waals surface area contributed by atoms with Gasteiger partial charge in [0, 0.05) is 0 Å². The van der Waals surface area contributed by atoms with Gasteiger partial charge in [0.15, 0.2) is 0 Å². The molecule has 0 aliphatic heterocycles. The van der Waals surface area contributed by atoms with Crippen LogP contribution in [-0.4, -0.2) is 37.3 Å². The number of hydrogen-bond acceptors (Lipinski definition) is 5. The van der Waals surface area contributed by atoms with E-state index < -0.39 is 27.9 Å². The van der Waals surface area contributed by atoms with E-state index in [1.807, 2.05) is 42.5 Å². The fourth-order valence-corrected chi connectivity index (χ4v) is 4.15. The molecule has 0 saturated carbocycles. The number of benzene rings is 2. The third kappa shape index (κ3) is 13.1. The van der Waals surface area contributed by atoms with Crippen molar-refractivity contribution in [1.29, 1.82) is 0 Å². The van der Waals surface area contributed by atoms with Gasteiger partial charge in [0.1, 0.15) is 11.9 Å². The van der Waals surface area contributed by atoms with Gasteiger partial charge in [0.2, 0.25) is 0 Å². The maximum absolute atomic E-state index is 12.6. The molecule has 8 heteroatoms. The van der Waals surface area contributed by atoms with Crippen molar-refractivity contribution in [2.24, 2.45) is 4.99 Å². The molecule has 0 spiro atoms. The van der Waals surface area contributed by atoms with Crippen LogP contribution in [0.25, 0.3) is 10.8 Å². The van der Waals surface area contributed by atoms with E-state index in [2.05, 4.69) is 11.9 Å². The molecule has 0 aromatic heterocycles. The normalized spacial score (nSPS) is 12.9. The van der Waals surface area contributed by atoms with E-state index in [-0.39, 0.29) is 36.1 Å². The first-order valence-corrected chi connectivity index (χ1v) is 13.8. The Morgan fingerprint density at radius 1 is 0.941 bits per heavy atom. The van der Waals surface area contributed by atoms with Crippen LogP contribution in [0.1, 0.15) is 77.6 Å². The molecule has 34 heavy (non-hydrogen) atoms. The molecule has 0 aliphatic carbocycles. The van der Waals surface area contributed by atoms with Crippen molar-refractivity contribution >= 4 is 26.8 Å². The summed E-state index contributed by atoms with van der Waals surface area (Å²) in [4.78, 5) is 3.83. The fourth-order valence-electron chi connectivity index (χ4n) is 3.83. The summed E-state index contributed by atoms with van der Waals surface area (Å²) >= 11 is 0. The molecule has 1 N–H and O–H groups in total. The molecule has 6 nitrogen and oxygen atoms in total. The summed E-state index contributed by atoms with van der Waals surface area (Å²) in [5.41, 5.74) is 0. The maximum atomic E-state index is 12.6. The van der Waals surface area contributed by atoms with Gasteiger partial charge in [0.25, 0.3) is 10.1 Å². The zero-order chi connectivity index (χ0) is 23.9. The zero-order valence-corrected chi connectivity index (χ0v) is 23.6. The quantitative estimate of drug-likeness (QED) is 0.119. The minimum absolute atomic E-state index is 0. The van der Waals surface area contributed by atoms with E-state index in [4.69, 9.17) is 9.29 Å². The van der Waals surface area contributed by atoms with Crippen molar-refractivity contribution in [2.45, 2.75) is 83.7 Å². The summed E-state index contributed by atoms with van der Waals surface area (Å²) in [5.74, 6) is -0.466. The number of unbranched alkanes of at least 4 members (excludes halogenated alkanes) is 9. The first-order valence-electron chi connectivity index (χ1n) is 12.2. The van der Waals surface area contributed by atoms with Gasteiger partial charge in [-0.1, -0.05) is 95.0 Å². The summed E-state index contributed by atoms with van der Waals surface area (Å²) in [6, 6.07) is 13.6. The van der Waals surface area contributed by atoms with Gasteiger partial charge in [-0.3, -0.25) is 4.55 Å². The molecule has 184 valence electrons. The molecule has 1 unspecified atom stereocenters. The van der Waals surface area contributed by atoms with Crippen LogP contribution in [0, 0.1) is 0 Å². The van der Waals surface area contributed by atoms with Crippen molar-refractivity contribution in [3.05, 3.63) is 42.5 Å². The Morgan fingerprint density at radius 2 is 1.53 bits per heavy atom. The number of fused-ring (bicyclic) bond motifs is 1. The van der Waals surface area contributed by atoms with Crippen LogP contribution in [0.15, 0.2) is 47.5 Å². The van der Waals surface area contributed by atoms with Crippen LogP contribution in [-0.2, 0) is 10.1 Å². The Bertz CT molecular complexity index is 965. The Balaban J connectivity index is 0.00000578. The SMILES string of the molecule is CCCCCCCCCCCCC(Oc1ccc2ccccc2c1)C([O-])=NCCS(=O)(=O)O.[Na+]. The zero-order valence-electron chi connectivity index (χ0n) is 20.7. The van der Waals surface area contributed by atoms with Crippen molar-refractivity contribution in [1.82, 2.24) is 0 Å². The molecule has 0 radical (unpaired) electrons. The smallest absolute Gasteiger partial charge is 0.859 e. The molecule has 2 aromatic carbocycles. The fraction of sp³-hybridized carbons (Fsp3) is 0.577. The van der Waals surface area contributed by atoms with Gasteiger partial charge < -0.3 is 14.8 Å². The van der Waals surface area contributed by atoms with Crippen molar-refractivity contribution in [3.63, 3.8) is 0 Å². The maximum Gasteiger partial charge on any atom is 1.00 e. The van der Waals surface area contributed by atoms with Crippen LogP contribution in [0.5, 0.6) is 5.75 Å². The van der Waals surface area contributed by atoms with E-state index >= 15 is 0 Å². The molecule has 1 atom stereocenters. The summed E-state index contributed by atoms with van der Waals surface area (Å²) in [6.45, 7) is 1.96. The van der Waals surface area contributed by atoms with E-state index in [1.54, 1.807) is 0 Å². The minimum Gasteiger partial charge on any atom is -0.859 e. The third-order valence-corrected chi connectivity index (χ3v) is 6.41. The van der Waals surface area contributed by atoms with E-state index in [0.29, 0.717) is 12.2 Å². The van der Waals surface area contributed by atoms with Crippen molar-refractivity contribution in [2.75, 3.05) is 12.3 Å². The van der Waals surface area contributed by atoms with Gasteiger partial charge in [-0.25, -0.2) is 0 Å². The molecule has 0 fully saturated rings. The second-order valence-electron chi connectivity index (χ2n) is 8.59. The average molecular weight is 500 g/mol. The summed E-state index contributed by atoms with van der Waals surface area (Å²) in [6.07, 6.45) is 11.7. The first kappa shape index (κ1) is 30.9. The number of hydrogen-bond donors (Lipinski definition) is 1. The number of ether oxygens (including phenoxy) is 1. The molecule has 0 aliphatic rings. The molecule has 2 rings (SSSR count). The Hall–Kier alpha value is -1.12. The largest absolute Gasteiger partial charge is 1.00 e. The van der Waals surface area contributed by atoms with Gasteiger partial charge in [-0.2, -0.15) is 8.42 Å². The first-order chi connectivity index (χ1) is 15.9. The second-order valence-corrected chi connectivity index (χ2v) is 10.2. The summed E-state index contributed by atoms with van der Waals surface area (Å²) in [5, 5.41) is 14.7. The van der Waals surface area contributed by atoms with Gasteiger partial charge in [-0.05, 0) is 41.6 Å². The van der Waals surface area contributed by atoms with Crippen molar-refractivity contribution in [3.8, 4) is 5.75 Å². The number of nitrogens with zero attached hydrogens (tertiary/aromatic N) is 1. The molecule has 2 aromatic rings. The van der Waals surface area contributed by atoms with E-state index in [0.717, 1.165) is 30.0 Å². The Kier molecular flexibility index (Phi) is 15.8. The minimum atomic E-state index is -4.15. The van der Waals surface area contributed by atoms with E-state index in [9.17, 15) is 13.5 Å². The Morgan fingerprint density at radius 3 is 2.15 bits per heavy atom. The van der Waals surface area contributed by atoms with Crippen LogP contribution < -0.4 is 39.4 Å². The standard InChI is InChI=1S/C26H39NO5S.Na/c1-2-3-4-5-6-7-8-9-10-11-16-25(26(28)27-19-20-33(29,30)31)32-24-18-17-22-14-12-13-15-23(22)21-24;/h12-15,17-18,21,25H,2-11,16,19-20H2,1H3,(H,27,28)(H,29,30,31);/q;+1/p-1. The average Bonchev–Trinajstić information content (AvgIpc) is 2.78. The summed E-state index contributed by atoms with van der Waals surface area (Å²) < 4.78 is 36.7. The van der Waals surface area contributed by atoms with Crippen LogP contribution in [0.4, 0.5) is 0 Å². The molecule has 0 saturated heterocycles. The second kappa shape index (κ2) is 17.3. The van der Waals surface area contributed by atoms with E-state index in [1.165, 1.54) is 44.9 Å². The Labute approximate surface area is 227 Å². The number of aliphatic imine (C=N–C) groups is 1. The molecular weight excluding hydrogens is 461 g/mol. The van der Waals surface area contributed by atoms with Crippen LogP contribution in [0.3, 0.4) is 0 Å². The number of rotatable bonds is 17. The molecule has 0 amide bonds. The molecular formula is C26H38NNaO5S. The third-order valence-electron chi connectivity index (χ3n) is 5.71. The van der Waals surface area contributed by atoms with Crippen LogP contribution in [0.2, 0.25) is 0 Å². The van der Waals surface area contributed by atoms with Crippen molar-refractivity contribution < 1.29 is 52.4 Å². The monoisotopic (exact) mass is 499 g/mol. The topological polar surface area (TPSA) is 99.0 Å². The molecule has 0 heterocycles. The van der Waals surface area contributed by atoms with Gasteiger partial charge in [-0.15, -0.1) is 0 Å². The van der Waals surface area contributed by atoms with Gasteiger partial charge >= 0.3 is 29.6 Å². The summed E-state index contributed by atoms with van der Waals surface area (Å²) in [7, 11) is -4.15. The van der Waals surface area contributed by atoms with Crippen LogP contribution >= 0.6 is 0 Å².